The molecule has 0 amide bonds. The second-order valence-electron chi connectivity index (χ2n) is 4.46. The highest BCUT2D eigenvalue weighted by Crippen LogP contribution is 2.22. The maximum absolute atomic E-state index is 9.58. The summed E-state index contributed by atoms with van der Waals surface area (Å²) in [6.45, 7) is 2.82. The highest BCUT2D eigenvalue weighted by molar-refractivity contribution is 5.53. The van der Waals surface area contributed by atoms with Crippen molar-refractivity contribution >= 4 is 11.5 Å². The van der Waals surface area contributed by atoms with E-state index in [9.17, 15) is 10.2 Å². The monoisotopic (exact) mass is 234 g/mol. The maximum atomic E-state index is 9.58. The van der Waals surface area contributed by atoms with Gasteiger partial charge in [-0.05, 0) is 24.6 Å². The van der Waals surface area contributed by atoms with Crippen LogP contribution >= 0.6 is 0 Å². The molecule has 2 unspecified atom stereocenters. The summed E-state index contributed by atoms with van der Waals surface area (Å²) in [5.41, 5.74) is 1.85. The molecule has 0 radical (unpaired) electrons. The standard InChI is InChI=1S/C11H14N4O2/c1-7-2-10-12-6-13-15(10)11(3-7)14-4-8(16)9(17)5-14/h2-3,6,8-9,16-17H,4-5H2,1H3. The summed E-state index contributed by atoms with van der Waals surface area (Å²) in [6.07, 6.45) is 0.101. The Labute approximate surface area is 98.1 Å². The van der Waals surface area contributed by atoms with Crippen molar-refractivity contribution in [1.29, 1.82) is 0 Å². The first kappa shape index (κ1) is 10.5. The van der Waals surface area contributed by atoms with Gasteiger partial charge in [-0.2, -0.15) is 9.61 Å². The number of fused-ring (bicyclic) bond motifs is 1. The number of β-amino-alcohol motifs (C(OH)–C–C–N with tert-alkyl or cyclic N) is 2. The Morgan fingerprint density at radius 2 is 1.94 bits per heavy atom. The number of anilines is 1. The molecule has 2 N–H and O–H groups in total. The molecule has 3 rings (SSSR count). The number of aliphatic hydroxyl groups is 2. The Kier molecular flexibility index (Phi) is 2.27. The zero-order valence-electron chi connectivity index (χ0n) is 9.48. The Bertz CT molecular complexity index is 543. The van der Waals surface area contributed by atoms with E-state index in [0.717, 1.165) is 17.0 Å². The minimum absolute atomic E-state index is 0.416. The number of rotatable bonds is 1. The number of aromatic nitrogens is 3. The van der Waals surface area contributed by atoms with Crippen molar-refractivity contribution in [3.8, 4) is 0 Å². The third kappa shape index (κ3) is 1.65. The van der Waals surface area contributed by atoms with Crippen molar-refractivity contribution in [2.75, 3.05) is 18.0 Å². The molecule has 2 aromatic heterocycles. The predicted octanol–water partition coefficient (Wildman–Crippen LogP) is -0.420. The molecule has 1 aliphatic heterocycles. The molecule has 2 atom stereocenters. The van der Waals surface area contributed by atoms with Crippen LogP contribution in [0.1, 0.15) is 5.56 Å². The van der Waals surface area contributed by atoms with Crippen molar-refractivity contribution in [2.45, 2.75) is 19.1 Å². The van der Waals surface area contributed by atoms with Gasteiger partial charge in [-0.15, -0.1) is 0 Å². The average molecular weight is 234 g/mol. The molecule has 0 spiro atoms. The van der Waals surface area contributed by atoms with Crippen LogP contribution in [0.2, 0.25) is 0 Å². The summed E-state index contributed by atoms with van der Waals surface area (Å²) in [7, 11) is 0. The van der Waals surface area contributed by atoms with Crippen molar-refractivity contribution < 1.29 is 10.2 Å². The molecule has 1 aliphatic rings. The zero-order chi connectivity index (χ0) is 12.0. The SMILES string of the molecule is Cc1cc(N2CC(O)C(O)C2)n2ncnc2c1. The van der Waals surface area contributed by atoms with E-state index >= 15 is 0 Å². The van der Waals surface area contributed by atoms with Crippen LogP contribution in [0.15, 0.2) is 18.5 Å². The molecule has 17 heavy (non-hydrogen) atoms. The van der Waals surface area contributed by atoms with E-state index < -0.39 is 12.2 Å². The topological polar surface area (TPSA) is 73.9 Å². The molecular weight excluding hydrogens is 220 g/mol. The average Bonchev–Trinajstić information content (AvgIpc) is 2.85. The van der Waals surface area contributed by atoms with Gasteiger partial charge in [0.25, 0.3) is 0 Å². The van der Waals surface area contributed by atoms with Crippen LogP contribution in [0.25, 0.3) is 5.65 Å². The van der Waals surface area contributed by atoms with Crippen LogP contribution in [0.5, 0.6) is 0 Å². The minimum Gasteiger partial charge on any atom is -0.389 e. The molecule has 6 nitrogen and oxygen atoms in total. The summed E-state index contributed by atoms with van der Waals surface area (Å²) in [4.78, 5) is 6.07. The van der Waals surface area contributed by atoms with Crippen molar-refractivity contribution in [3.63, 3.8) is 0 Å². The molecule has 6 heteroatoms. The first-order valence-corrected chi connectivity index (χ1v) is 5.56. The van der Waals surface area contributed by atoms with E-state index in [2.05, 4.69) is 10.1 Å². The lowest BCUT2D eigenvalue weighted by Gasteiger charge is -2.18. The Morgan fingerprint density at radius 3 is 2.65 bits per heavy atom. The highest BCUT2D eigenvalue weighted by Gasteiger charge is 2.31. The van der Waals surface area contributed by atoms with Crippen LogP contribution in [0.4, 0.5) is 5.82 Å². The van der Waals surface area contributed by atoms with Crippen LogP contribution in [-0.4, -0.2) is 50.1 Å². The number of nitrogens with zero attached hydrogens (tertiary/aromatic N) is 4. The second-order valence-corrected chi connectivity index (χ2v) is 4.46. The van der Waals surface area contributed by atoms with Gasteiger partial charge >= 0.3 is 0 Å². The number of pyridine rings is 1. The number of hydrogen-bond acceptors (Lipinski definition) is 5. The Morgan fingerprint density at radius 1 is 1.24 bits per heavy atom. The molecule has 0 aliphatic carbocycles. The van der Waals surface area contributed by atoms with E-state index in [1.54, 1.807) is 4.52 Å². The number of aryl methyl sites for hydroxylation is 1. The zero-order valence-corrected chi connectivity index (χ0v) is 9.48. The van der Waals surface area contributed by atoms with E-state index in [1.165, 1.54) is 6.33 Å². The molecule has 3 heterocycles. The molecular formula is C11H14N4O2. The number of aliphatic hydroxyl groups excluding tert-OH is 2. The van der Waals surface area contributed by atoms with Crippen LogP contribution in [0, 0.1) is 6.92 Å². The van der Waals surface area contributed by atoms with Crippen LogP contribution < -0.4 is 4.90 Å². The summed E-state index contributed by atoms with van der Waals surface area (Å²) in [5.74, 6) is 0.855. The second kappa shape index (κ2) is 3.68. The van der Waals surface area contributed by atoms with Gasteiger partial charge in [0.05, 0.1) is 12.2 Å². The molecule has 0 bridgehead atoms. The first-order chi connectivity index (χ1) is 8.15. The van der Waals surface area contributed by atoms with Gasteiger partial charge in [-0.25, -0.2) is 4.98 Å². The van der Waals surface area contributed by atoms with Gasteiger partial charge in [0, 0.05) is 13.1 Å². The first-order valence-electron chi connectivity index (χ1n) is 5.56. The normalized spacial score (nSPS) is 24.8. The summed E-state index contributed by atoms with van der Waals surface area (Å²) in [5, 5.41) is 23.3. The van der Waals surface area contributed by atoms with Crippen molar-refractivity contribution in [3.05, 3.63) is 24.0 Å². The lowest BCUT2D eigenvalue weighted by atomic mass is 10.3. The van der Waals surface area contributed by atoms with E-state index in [4.69, 9.17) is 0 Å². The van der Waals surface area contributed by atoms with Gasteiger partial charge in [0.2, 0.25) is 0 Å². The maximum Gasteiger partial charge on any atom is 0.157 e. The predicted molar refractivity (Wildman–Crippen MR) is 62.0 cm³/mol. The lowest BCUT2D eigenvalue weighted by Crippen LogP contribution is -2.23. The van der Waals surface area contributed by atoms with Crippen LogP contribution in [-0.2, 0) is 0 Å². The van der Waals surface area contributed by atoms with Gasteiger partial charge in [0.1, 0.15) is 12.1 Å². The molecule has 90 valence electrons. The van der Waals surface area contributed by atoms with Crippen molar-refractivity contribution in [2.24, 2.45) is 0 Å². The fourth-order valence-electron chi connectivity index (χ4n) is 2.22. The fourth-order valence-corrected chi connectivity index (χ4v) is 2.22. The third-order valence-corrected chi connectivity index (χ3v) is 3.09. The van der Waals surface area contributed by atoms with E-state index in [-0.39, 0.29) is 0 Å². The Balaban J connectivity index is 2.08. The number of hydrogen-bond donors (Lipinski definition) is 2. The largest absolute Gasteiger partial charge is 0.389 e. The van der Waals surface area contributed by atoms with Crippen molar-refractivity contribution in [1.82, 2.24) is 14.6 Å². The quantitative estimate of drug-likeness (QED) is 0.701. The molecule has 1 saturated heterocycles. The fraction of sp³-hybridized carbons (Fsp3) is 0.455. The summed E-state index contributed by atoms with van der Waals surface area (Å²) in [6, 6.07) is 3.92. The smallest absolute Gasteiger partial charge is 0.157 e. The lowest BCUT2D eigenvalue weighted by molar-refractivity contribution is 0.0572. The summed E-state index contributed by atoms with van der Waals surface area (Å²) >= 11 is 0. The highest BCUT2D eigenvalue weighted by atomic mass is 16.3. The van der Waals surface area contributed by atoms with E-state index in [1.807, 2.05) is 24.0 Å². The van der Waals surface area contributed by atoms with Gasteiger partial charge < -0.3 is 15.1 Å². The molecule has 0 aromatic carbocycles. The van der Waals surface area contributed by atoms with Gasteiger partial charge in [-0.1, -0.05) is 0 Å². The Hall–Kier alpha value is -1.66. The molecule has 1 fully saturated rings. The van der Waals surface area contributed by atoms with Gasteiger partial charge in [-0.3, -0.25) is 0 Å². The van der Waals surface area contributed by atoms with E-state index in [0.29, 0.717) is 13.1 Å². The minimum atomic E-state index is -0.700. The third-order valence-electron chi connectivity index (χ3n) is 3.09. The molecule has 0 saturated carbocycles. The van der Waals surface area contributed by atoms with Gasteiger partial charge in [0.15, 0.2) is 5.65 Å². The molecule has 2 aromatic rings. The summed E-state index contributed by atoms with van der Waals surface area (Å²) < 4.78 is 1.72. The van der Waals surface area contributed by atoms with Crippen LogP contribution in [0.3, 0.4) is 0 Å².